The monoisotopic (exact) mass is 362 g/mol. The number of anilines is 1. The van der Waals surface area contributed by atoms with Crippen molar-refractivity contribution in [3.8, 4) is 5.69 Å². The van der Waals surface area contributed by atoms with Crippen molar-refractivity contribution in [1.29, 1.82) is 0 Å². The topological polar surface area (TPSA) is 68.9 Å². The fourth-order valence-electron chi connectivity index (χ4n) is 3.60. The molecule has 138 valence electrons. The minimum absolute atomic E-state index is 0.257. The van der Waals surface area contributed by atoms with Gasteiger partial charge in [0.25, 0.3) is 11.5 Å². The maximum absolute atomic E-state index is 12.9. The summed E-state index contributed by atoms with van der Waals surface area (Å²) in [5, 5.41) is 2.78. The zero-order valence-electron chi connectivity index (χ0n) is 15.5. The van der Waals surface area contributed by atoms with E-state index in [-0.39, 0.29) is 17.2 Å². The molecule has 3 aromatic rings. The molecule has 0 bridgehead atoms. The smallest absolute Gasteiger partial charge is 0.295 e. The van der Waals surface area contributed by atoms with Gasteiger partial charge in [0.05, 0.1) is 11.4 Å². The number of fused-ring (bicyclic) bond motifs is 1. The number of hydrogen-bond acceptors (Lipinski definition) is 3. The molecule has 1 amide bonds. The van der Waals surface area contributed by atoms with Gasteiger partial charge in [-0.2, -0.15) is 0 Å². The molecule has 0 aliphatic heterocycles. The Hall–Kier alpha value is -3.15. The van der Waals surface area contributed by atoms with E-state index in [0.717, 1.165) is 30.6 Å². The molecular formula is C21H22N4O2. The van der Waals surface area contributed by atoms with Crippen LogP contribution in [0, 0.1) is 6.92 Å². The van der Waals surface area contributed by atoms with Gasteiger partial charge in [-0.05, 0) is 56.4 Å². The van der Waals surface area contributed by atoms with Crippen LogP contribution in [0.5, 0.6) is 0 Å². The molecular weight excluding hydrogens is 340 g/mol. The summed E-state index contributed by atoms with van der Waals surface area (Å²) in [6, 6.07) is 13.1. The Labute approximate surface area is 157 Å². The lowest BCUT2D eigenvalue weighted by molar-refractivity contribution is 0.102. The highest BCUT2D eigenvalue weighted by atomic mass is 16.2. The first-order valence-electron chi connectivity index (χ1n) is 9.20. The number of amides is 1. The van der Waals surface area contributed by atoms with E-state index in [0.29, 0.717) is 11.4 Å². The highest BCUT2D eigenvalue weighted by Gasteiger charge is 2.20. The van der Waals surface area contributed by atoms with Gasteiger partial charge >= 0.3 is 0 Å². The quantitative estimate of drug-likeness (QED) is 0.779. The maximum Gasteiger partial charge on any atom is 0.295 e. The van der Waals surface area contributed by atoms with E-state index in [1.807, 2.05) is 43.3 Å². The van der Waals surface area contributed by atoms with Gasteiger partial charge in [-0.15, -0.1) is 0 Å². The fourth-order valence-corrected chi connectivity index (χ4v) is 3.60. The predicted molar refractivity (Wildman–Crippen MR) is 105 cm³/mol. The molecule has 1 N–H and O–H groups in total. The number of aryl methyl sites for hydroxylation is 2. The van der Waals surface area contributed by atoms with Gasteiger partial charge in [-0.25, -0.2) is 9.67 Å². The van der Waals surface area contributed by atoms with Gasteiger partial charge in [0, 0.05) is 12.7 Å². The third-order valence-corrected chi connectivity index (χ3v) is 5.20. The molecule has 1 aliphatic carbocycles. The van der Waals surface area contributed by atoms with Gasteiger partial charge in [-0.3, -0.25) is 14.3 Å². The molecule has 2 aromatic heterocycles. The molecule has 0 radical (unpaired) electrons. The van der Waals surface area contributed by atoms with Crippen LogP contribution in [0.4, 0.5) is 5.69 Å². The van der Waals surface area contributed by atoms with Crippen LogP contribution in [-0.4, -0.2) is 20.3 Å². The third-order valence-electron chi connectivity index (χ3n) is 5.20. The molecule has 0 saturated heterocycles. The lowest BCUT2D eigenvalue weighted by Gasteiger charge is -2.15. The Kier molecular flexibility index (Phi) is 4.39. The van der Waals surface area contributed by atoms with Crippen molar-refractivity contribution in [2.75, 3.05) is 5.32 Å². The molecule has 0 fully saturated rings. The van der Waals surface area contributed by atoms with Gasteiger partial charge in [0.1, 0.15) is 11.4 Å². The third kappa shape index (κ3) is 3.07. The van der Waals surface area contributed by atoms with Crippen LogP contribution in [-0.2, 0) is 19.9 Å². The molecule has 0 unspecified atom stereocenters. The number of hydrogen-bond donors (Lipinski definition) is 1. The van der Waals surface area contributed by atoms with Crippen molar-refractivity contribution in [3.63, 3.8) is 0 Å². The number of nitrogens with one attached hydrogen (secondary N) is 1. The van der Waals surface area contributed by atoms with Crippen LogP contribution >= 0.6 is 0 Å². The highest BCUT2D eigenvalue weighted by molar-refractivity contribution is 6.03. The summed E-state index contributed by atoms with van der Waals surface area (Å²) in [5.41, 5.74) is 4.04. The van der Waals surface area contributed by atoms with Crippen molar-refractivity contribution in [2.45, 2.75) is 32.6 Å². The first-order valence-corrected chi connectivity index (χ1v) is 9.20. The minimum atomic E-state index is -0.352. The number of aromatic nitrogens is 3. The van der Waals surface area contributed by atoms with Gasteiger partial charge < -0.3 is 5.32 Å². The largest absolute Gasteiger partial charge is 0.314 e. The average molecular weight is 362 g/mol. The van der Waals surface area contributed by atoms with Crippen LogP contribution in [0.1, 0.15) is 40.3 Å². The Morgan fingerprint density at radius 1 is 1.07 bits per heavy atom. The number of carbonyl (C=O) groups is 1. The Morgan fingerprint density at radius 2 is 1.81 bits per heavy atom. The molecule has 0 spiro atoms. The van der Waals surface area contributed by atoms with Crippen LogP contribution in [0.25, 0.3) is 5.69 Å². The summed E-state index contributed by atoms with van der Waals surface area (Å²) in [6.45, 7) is 1.82. The fraction of sp³-hybridized carbons (Fsp3) is 0.286. The highest BCUT2D eigenvalue weighted by Crippen LogP contribution is 2.20. The molecule has 0 atom stereocenters. The van der Waals surface area contributed by atoms with E-state index in [2.05, 4.69) is 10.3 Å². The standard InChI is InChI=1S/C21H22N4O2/c1-14-19(21(27)25(24(14)2)16-9-4-3-5-10-16)23-20(26)18-13-12-15-8-6-7-11-17(15)22-18/h3-5,9-10,12-13H,6-8,11H2,1-2H3,(H,23,26). The molecule has 2 heterocycles. The van der Waals surface area contributed by atoms with Gasteiger partial charge in [0.2, 0.25) is 0 Å². The zero-order chi connectivity index (χ0) is 19.0. The van der Waals surface area contributed by atoms with Crippen molar-refractivity contribution in [1.82, 2.24) is 14.3 Å². The Bertz CT molecular complexity index is 1060. The van der Waals surface area contributed by atoms with Gasteiger partial charge in [0.15, 0.2) is 0 Å². The van der Waals surface area contributed by atoms with Crippen LogP contribution < -0.4 is 10.9 Å². The molecule has 6 nitrogen and oxygen atoms in total. The Balaban J connectivity index is 1.67. The number of para-hydroxylation sites is 1. The summed E-state index contributed by atoms with van der Waals surface area (Å²) in [5.74, 6) is -0.352. The molecule has 0 saturated carbocycles. The van der Waals surface area contributed by atoms with Crippen LogP contribution in [0.3, 0.4) is 0 Å². The van der Waals surface area contributed by atoms with Crippen molar-refractivity contribution in [3.05, 3.63) is 75.5 Å². The second kappa shape index (κ2) is 6.87. The van der Waals surface area contributed by atoms with Crippen molar-refractivity contribution in [2.24, 2.45) is 7.05 Å². The average Bonchev–Trinajstić information content (AvgIpc) is 2.91. The van der Waals surface area contributed by atoms with E-state index in [4.69, 9.17) is 0 Å². The summed E-state index contributed by atoms with van der Waals surface area (Å²) in [6.07, 6.45) is 4.19. The van der Waals surface area contributed by atoms with E-state index in [1.165, 1.54) is 12.0 Å². The van der Waals surface area contributed by atoms with E-state index in [9.17, 15) is 9.59 Å². The minimum Gasteiger partial charge on any atom is -0.314 e. The zero-order valence-corrected chi connectivity index (χ0v) is 15.5. The van der Waals surface area contributed by atoms with Crippen LogP contribution in [0.15, 0.2) is 47.3 Å². The Morgan fingerprint density at radius 3 is 2.59 bits per heavy atom. The van der Waals surface area contributed by atoms with E-state index in [1.54, 1.807) is 22.5 Å². The number of carbonyl (C=O) groups excluding carboxylic acids is 1. The summed E-state index contributed by atoms with van der Waals surface area (Å²) >= 11 is 0. The van der Waals surface area contributed by atoms with Crippen LogP contribution in [0.2, 0.25) is 0 Å². The molecule has 1 aliphatic rings. The summed E-state index contributed by atoms with van der Waals surface area (Å²) in [4.78, 5) is 30.2. The predicted octanol–water partition coefficient (Wildman–Crippen LogP) is 3.01. The number of benzene rings is 1. The summed E-state index contributed by atoms with van der Waals surface area (Å²) < 4.78 is 3.29. The molecule has 6 heteroatoms. The first-order chi connectivity index (χ1) is 13.1. The second-order valence-electron chi connectivity index (χ2n) is 6.90. The normalized spacial score (nSPS) is 13.3. The molecule has 4 rings (SSSR count). The molecule has 1 aromatic carbocycles. The molecule has 27 heavy (non-hydrogen) atoms. The van der Waals surface area contributed by atoms with E-state index < -0.39 is 0 Å². The lowest BCUT2D eigenvalue weighted by atomic mass is 9.96. The first kappa shape index (κ1) is 17.3. The van der Waals surface area contributed by atoms with E-state index >= 15 is 0 Å². The van der Waals surface area contributed by atoms with Crippen molar-refractivity contribution >= 4 is 11.6 Å². The number of nitrogens with zero attached hydrogens (tertiary/aromatic N) is 3. The number of rotatable bonds is 3. The lowest BCUT2D eigenvalue weighted by Crippen LogP contribution is -2.23. The maximum atomic E-state index is 12.9. The van der Waals surface area contributed by atoms with Gasteiger partial charge in [-0.1, -0.05) is 24.3 Å². The second-order valence-corrected chi connectivity index (χ2v) is 6.90. The number of pyridine rings is 1. The summed E-state index contributed by atoms with van der Waals surface area (Å²) in [7, 11) is 1.80. The van der Waals surface area contributed by atoms with Crippen molar-refractivity contribution < 1.29 is 4.79 Å². The SMILES string of the molecule is Cc1c(NC(=O)c2ccc3c(n2)CCCC3)c(=O)n(-c2ccccc2)n1C.